The van der Waals surface area contributed by atoms with Gasteiger partial charge in [-0.3, -0.25) is 4.79 Å². The van der Waals surface area contributed by atoms with Crippen LogP contribution >= 0.6 is 0 Å². The smallest absolute Gasteiger partial charge is 0.227 e. The first-order chi connectivity index (χ1) is 8.97. The second-order valence-corrected chi connectivity index (χ2v) is 6.60. The Morgan fingerprint density at radius 1 is 1.21 bits per heavy atom. The fraction of sp³-hybridized carbons (Fsp3) is 0.462. The minimum Gasteiger partial charge on any atom is -0.378 e. The van der Waals surface area contributed by atoms with E-state index in [4.69, 9.17) is 4.74 Å². The van der Waals surface area contributed by atoms with Crippen molar-refractivity contribution < 1.29 is 17.9 Å². The van der Waals surface area contributed by atoms with Crippen LogP contribution < -0.4 is 0 Å². The lowest BCUT2D eigenvalue weighted by Crippen LogP contribution is -2.41. The van der Waals surface area contributed by atoms with E-state index in [1.54, 1.807) is 17.0 Å². The molecule has 1 heterocycles. The second-order valence-electron chi connectivity index (χ2n) is 4.59. The third-order valence-electron chi connectivity index (χ3n) is 3.07. The number of sulfone groups is 1. The van der Waals surface area contributed by atoms with E-state index in [9.17, 15) is 13.2 Å². The number of benzene rings is 1. The van der Waals surface area contributed by atoms with Crippen LogP contribution in [0, 0.1) is 0 Å². The number of carbonyl (C=O) groups is 1. The van der Waals surface area contributed by atoms with Crippen LogP contribution in [-0.4, -0.2) is 51.8 Å². The first-order valence-electron chi connectivity index (χ1n) is 6.11. The van der Waals surface area contributed by atoms with E-state index < -0.39 is 9.84 Å². The van der Waals surface area contributed by atoms with Gasteiger partial charge < -0.3 is 9.64 Å². The molecule has 104 valence electrons. The molecule has 2 rings (SSSR count). The van der Waals surface area contributed by atoms with Crippen molar-refractivity contribution in [1.82, 2.24) is 4.90 Å². The maximum atomic E-state index is 12.0. The third kappa shape index (κ3) is 3.78. The lowest BCUT2D eigenvalue weighted by molar-refractivity contribution is -0.134. The zero-order chi connectivity index (χ0) is 13.9. The molecule has 0 bridgehead atoms. The van der Waals surface area contributed by atoms with Gasteiger partial charge in [-0.2, -0.15) is 0 Å². The fourth-order valence-electron chi connectivity index (χ4n) is 1.95. The summed E-state index contributed by atoms with van der Waals surface area (Å²) < 4.78 is 27.8. The van der Waals surface area contributed by atoms with Crippen LogP contribution in [0.3, 0.4) is 0 Å². The van der Waals surface area contributed by atoms with E-state index in [0.29, 0.717) is 32.7 Å². The normalized spacial score (nSPS) is 16.4. The Bertz CT molecular complexity index is 545. The van der Waals surface area contributed by atoms with E-state index in [2.05, 4.69) is 0 Å². The predicted molar refractivity (Wildman–Crippen MR) is 70.7 cm³/mol. The van der Waals surface area contributed by atoms with Crippen LogP contribution in [-0.2, 0) is 25.8 Å². The van der Waals surface area contributed by atoms with Crippen molar-refractivity contribution >= 4 is 15.7 Å². The number of amides is 1. The predicted octanol–water partition coefficient (Wildman–Crippen LogP) is 0.491. The second kappa shape index (κ2) is 5.71. The number of hydrogen-bond acceptors (Lipinski definition) is 4. The summed E-state index contributed by atoms with van der Waals surface area (Å²) in [5, 5.41) is 0. The summed E-state index contributed by atoms with van der Waals surface area (Å²) in [6.45, 7) is 2.41. The van der Waals surface area contributed by atoms with E-state index in [1.165, 1.54) is 18.4 Å². The molecule has 1 fully saturated rings. The summed E-state index contributed by atoms with van der Waals surface area (Å²) in [5.41, 5.74) is 0.823. The van der Waals surface area contributed by atoms with Crippen LogP contribution in [0.1, 0.15) is 5.56 Å². The van der Waals surface area contributed by atoms with Crippen molar-refractivity contribution in [3.05, 3.63) is 29.8 Å². The Balaban J connectivity index is 2.01. The van der Waals surface area contributed by atoms with Crippen LogP contribution in [0.15, 0.2) is 29.2 Å². The first kappa shape index (κ1) is 14.0. The summed E-state index contributed by atoms with van der Waals surface area (Å²) in [7, 11) is -3.18. The molecule has 19 heavy (non-hydrogen) atoms. The SMILES string of the molecule is CS(=O)(=O)c1ccc(CC(=O)N2CCOCC2)cc1. The average molecular weight is 283 g/mol. The molecule has 1 aliphatic heterocycles. The summed E-state index contributed by atoms with van der Waals surface area (Å²) in [6.07, 6.45) is 1.46. The summed E-state index contributed by atoms with van der Waals surface area (Å²) in [6, 6.07) is 6.46. The highest BCUT2D eigenvalue weighted by Crippen LogP contribution is 2.12. The molecular formula is C13H17NO4S. The zero-order valence-corrected chi connectivity index (χ0v) is 11.6. The molecule has 0 atom stereocenters. The molecular weight excluding hydrogens is 266 g/mol. The first-order valence-corrected chi connectivity index (χ1v) is 8.00. The van der Waals surface area contributed by atoms with Crippen molar-refractivity contribution in [2.45, 2.75) is 11.3 Å². The monoisotopic (exact) mass is 283 g/mol. The topological polar surface area (TPSA) is 63.7 Å². The maximum Gasteiger partial charge on any atom is 0.227 e. The Labute approximate surface area is 113 Å². The molecule has 1 amide bonds. The van der Waals surface area contributed by atoms with Gasteiger partial charge in [0.15, 0.2) is 9.84 Å². The molecule has 1 aromatic carbocycles. The van der Waals surface area contributed by atoms with Gasteiger partial charge in [0.25, 0.3) is 0 Å². The van der Waals surface area contributed by atoms with Crippen LogP contribution in [0.4, 0.5) is 0 Å². The van der Waals surface area contributed by atoms with Gasteiger partial charge in [-0.05, 0) is 17.7 Å². The molecule has 6 heteroatoms. The standard InChI is InChI=1S/C13H17NO4S/c1-19(16,17)12-4-2-11(3-5-12)10-13(15)14-6-8-18-9-7-14/h2-5H,6-10H2,1H3. The summed E-state index contributed by atoms with van der Waals surface area (Å²) in [4.78, 5) is 14.0. The van der Waals surface area contributed by atoms with Crippen molar-refractivity contribution in [3.8, 4) is 0 Å². The van der Waals surface area contributed by atoms with Gasteiger partial charge in [0.2, 0.25) is 5.91 Å². The van der Waals surface area contributed by atoms with E-state index in [-0.39, 0.29) is 10.8 Å². The van der Waals surface area contributed by atoms with Crippen molar-refractivity contribution in [2.24, 2.45) is 0 Å². The molecule has 0 aliphatic carbocycles. The number of nitrogens with zero attached hydrogens (tertiary/aromatic N) is 1. The molecule has 0 unspecified atom stereocenters. The minimum absolute atomic E-state index is 0.0513. The maximum absolute atomic E-state index is 12.0. The quantitative estimate of drug-likeness (QED) is 0.810. The minimum atomic E-state index is -3.18. The van der Waals surface area contributed by atoms with Gasteiger partial charge in [0, 0.05) is 19.3 Å². The molecule has 1 aliphatic rings. The lowest BCUT2D eigenvalue weighted by Gasteiger charge is -2.26. The Kier molecular flexibility index (Phi) is 4.21. The van der Waals surface area contributed by atoms with Gasteiger partial charge in [0.1, 0.15) is 0 Å². The number of morpholine rings is 1. The van der Waals surface area contributed by atoms with Gasteiger partial charge in [-0.25, -0.2) is 8.42 Å². The van der Waals surface area contributed by atoms with Crippen molar-refractivity contribution in [1.29, 1.82) is 0 Å². The number of hydrogen-bond donors (Lipinski definition) is 0. The Morgan fingerprint density at radius 3 is 2.32 bits per heavy atom. The number of rotatable bonds is 3. The van der Waals surface area contributed by atoms with Gasteiger partial charge in [-0.15, -0.1) is 0 Å². The molecule has 0 aromatic heterocycles. The van der Waals surface area contributed by atoms with Crippen molar-refractivity contribution in [2.75, 3.05) is 32.6 Å². The third-order valence-corrected chi connectivity index (χ3v) is 4.20. The molecule has 1 saturated heterocycles. The van der Waals surface area contributed by atoms with Crippen LogP contribution in [0.25, 0.3) is 0 Å². The fourth-order valence-corrected chi connectivity index (χ4v) is 2.58. The van der Waals surface area contributed by atoms with Crippen LogP contribution in [0.2, 0.25) is 0 Å². The lowest BCUT2D eigenvalue weighted by atomic mass is 10.1. The highest BCUT2D eigenvalue weighted by molar-refractivity contribution is 7.90. The van der Waals surface area contributed by atoms with Gasteiger partial charge in [-0.1, -0.05) is 12.1 Å². The molecule has 5 nitrogen and oxygen atoms in total. The molecule has 1 aromatic rings. The summed E-state index contributed by atoms with van der Waals surface area (Å²) >= 11 is 0. The van der Waals surface area contributed by atoms with Crippen LogP contribution in [0.5, 0.6) is 0 Å². The highest BCUT2D eigenvalue weighted by atomic mass is 32.2. The molecule has 0 radical (unpaired) electrons. The molecule has 0 N–H and O–H groups in total. The Morgan fingerprint density at radius 2 is 1.79 bits per heavy atom. The van der Waals surface area contributed by atoms with E-state index in [0.717, 1.165) is 5.56 Å². The summed E-state index contributed by atoms with van der Waals surface area (Å²) in [5.74, 6) is 0.0513. The number of carbonyl (C=O) groups excluding carboxylic acids is 1. The van der Waals surface area contributed by atoms with E-state index in [1.807, 2.05) is 0 Å². The molecule has 0 saturated carbocycles. The van der Waals surface area contributed by atoms with Gasteiger partial charge >= 0.3 is 0 Å². The Hall–Kier alpha value is -1.40. The van der Waals surface area contributed by atoms with E-state index >= 15 is 0 Å². The highest BCUT2D eigenvalue weighted by Gasteiger charge is 2.17. The average Bonchev–Trinajstić information content (AvgIpc) is 2.39. The molecule has 0 spiro atoms. The zero-order valence-electron chi connectivity index (χ0n) is 10.8. The number of ether oxygens (including phenoxy) is 1. The van der Waals surface area contributed by atoms with Gasteiger partial charge in [0.05, 0.1) is 24.5 Å². The van der Waals surface area contributed by atoms with Crippen molar-refractivity contribution in [3.63, 3.8) is 0 Å². The largest absolute Gasteiger partial charge is 0.378 e.